The number of rotatable bonds is 4. The molecule has 1 rings (SSSR count). The van der Waals surface area contributed by atoms with Gasteiger partial charge >= 0.3 is 17.1 Å². The van der Waals surface area contributed by atoms with Crippen molar-refractivity contribution in [3.63, 3.8) is 0 Å². The van der Waals surface area contributed by atoms with E-state index in [9.17, 15) is 0 Å². The number of aliphatic imine (C=N–C) groups is 1. The van der Waals surface area contributed by atoms with Gasteiger partial charge in [0.2, 0.25) is 0 Å². The van der Waals surface area contributed by atoms with Crippen LogP contribution in [0.15, 0.2) is 44.1 Å². The van der Waals surface area contributed by atoms with Gasteiger partial charge in [-0.2, -0.15) is 15.3 Å². The van der Waals surface area contributed by atoms with E-state index in [0.717, 1.165) is 18.4 Å². The monoisotopic (exact) mass is 415 g/mol. The number of nitrogens with one attached hydrogen (secondary N) is 2. The molecular formula is C15H24CuN6S2. The average Bonchev–Trinajstić information content (AvgIpc) is 2.62. The van der Waals surface area contributed by atoms with Crippen molar-refractivity contribution in [3.8, 4) is 0 Å². The maximum Gasteiger partial charge on any atom is 2.00 e. The zero-order valence-electron chi connectivity index (χ0n) is 14.6. The molecule has 0 bridgehead atoms. The largest absolute Gasteiger partial charge is 2.00 e. The molecule has 0 spiro atoms. The summed E-state index contributed by atoms with van der Waals surface area (Å²) in [5, 5.41) is 15.6. The Bertz CT molecular complexity index is 550. The fraction of sp³-hybridized carbons (Fsp3) is 0.467. The van der Waals surface area contributed by atoms with Crippen LogP contribution < -0.4 is 10.7 Å². The second kappa shape index (κ2) is 15.3. The van der Waals surface area contributed by atoms with Gasteiger partial charge in [-0.05, 0) is 35.7 Å². The zero-order chi connectivity index (χ0) is 17.7. The second-order valence-corrected chi connectivity index (χ2v) is 4.85. The summed E-state index contributed by atoms with van der Waals surface area (Å²) >= 11 is 9.91. The van der Waals surface area contributed by atoms with Gasteiger partial charge in [0.15, 0.2) is 0 Å². The van der Waals surface area contributed by atoms with Crippen molar-refractivity contribution in [1.29, 1.82) is 0 Å². The van der Waals surface area contributed by atoms with Crippen LogP contribution in [0.1, 0.15) is 33.6 Å². The van der Waals surface area contributed by atoms with Gasteiger partial charge in [0.1, 0.15) is 5.71 Å². The topological polar surface area (TPSA) is 73.5 Å². The summed E-state index contributed by atoms with van der Waals surface area (Å²) in [6, 6.07) is 0. The predicted octanol–water partition coefficient (Wildman–Crippen LogP) is 2.26. The Morgan fingerprint density at radius 1 is 1.12 bits per heavy atom. The molecule has 0 unspecified atom stereocenters. The summed E-state index contributed by atoms with van der Waals surface area (Å²) in [7, 11) is 3.30. The van der Waals surface area contributed by atoms with E-state index in [1.165, 1.54) is 0 Å². The Morgan fingerprint density at radius 3 is 2.29 bits per heavy atom. The first kappa shape index (κ1) is 25.0. The molecule has 0 saturated carbocycles. The van der Waals surface area contributed by atoms with E-state index >= 15 is 0 Å². The van der Waals surface area contributed by atoms with Gasteiger partial charge in [-0.3, -0.25) is 10.4 Å². The van der Waals surface area contributed by atoms with Crippen LogP contribution in [-0.4, -0.2) is 35.9 Å². The minimum Gasteiger partial charge on any atom is -0.741 e. The summed E-state index contributed by atoms with van der Waals surface area (Å²) < 4.78 is 0. The number of nitrogens with zero attached hydrogens (tertiary/aromatic N) is 4. The molecule has 0 atom stereocenters. The molecule has 0 fully saturated rings. The van der Waals surface area contributed by atoms with E-state index in [1.54, 1.807) is 14.1 Å². The van der Waals surface area contributed by atoms with Gasteiger partial charge in [0.25, 0.3) is 0 Å². The first-order chi connectivity index (χ1) is 11.1. The molecule has 2 N–H and O–H groups in total. The molecule has 137 valence electrons. The third-order valence-electron chi connectivity index (χ3n) is 2.58. The predicted molar refractivity (Wildman–Crippen MR) is 106 cm³/mol. The quantitative estimate of drug-likeness (QED) is 0.243. The van der Waals surface area contributed by atoms with Gasteiger partial charge in [-0.25, -0.2) is 0 Å². The summed E-state index contributed by atoms with van der Waals surface area (Å²) in [6.07, 6.45) is 8.19. The third-order valence-corrected chi connectivity index (χ3v) is 3.14. The maximum atomic E-state index is 4.97. The van der Waals surface area contributed by atoms with Crippen LogP contribution in [0.4, 0.5) is 0 Å². The summed E-state index contributed by atoms with van der Waals surface area (Å²) in [6.45, 7) is 5.82. The van der Waals surface area contributed by atoms with Crippen molar-refractivity contribution >= 4 is 47.0 Å². The first-order valence-electron chi connectivity index (χ1n) is 7.40. The Kier molecular flexibility index (Phi) is 15.9. The van der Waals surface area contributed by atoms with E-state index in [2.05, 4.69) is 43.2 Å². The number of hydrogen-bond acceptors (Lipinski definition) is 6. The van der Waals surface area contributed by atoms with E-state index < -0.39 is 0 Å². The van der Waals surface area contributed by atoms with Crippen LogP contribution in [0.3, 0.4) is 0 Å². The minimum atomic E-state index is 0. The van der Waals surface area contributed by atoms with Crippen molar-refractivity contribution in [1.82, 2.24) is 10.7 Å². The Balaban J connectivity index is 0. The molecule has 1 aliphatic rings. The second-order valence-electron chi connectivity index (χ2n) is 4.08. The van der Waals surface area contributed by atoms with Crippen molar-refractivity contribution < 1.29 is 17.1 Å². The van der Waals surface area contributed by atoms with Gasteiger partial charge in [0.05, 0.1) is 5.71 Å². The molecular weight excluding hydrogens is 392 g/mol. The van der Waals surface area contributed by atoms with Crippen molar-refractivity contribution in [2.45, 2.75) is 33.6 Å². The van der Waals surface area contributed by atoms with E-state index in [0.29, 0.717) is 21.8 Å². The molecule has 0 aromatic rings. The standard InChI is InChI=1S/C13H20N6S2.C2H6.Cu/c1-9(16-18-12(20)14-2)11(17-19-13(21)15-3)10-7-5-4-6-8-10;1-2;/h5,7-8H,4,6H2,1-3H3,(H2,14,18,20)(H2,15,19,21);1-2H3;/q;;+2/p-2/b16-9+,17-11-;;. The zero-order valence-corrected chi connectivity index (χ0v) is 17.1. The number of hydrazone groups is 1. The molecule has 0 saturated heterocycles. The average molecular weight is 416 g/mol. The van der Waals surface area contributed by atoms with Crippen LogP contribution in [0, 0.1) is 0 Å². The fourth-order valence-electron chi connectivity index (χ4n) is 1.51. The van der Waals surface area contributed by atoms with Gasteiger partial charge in [0, 0.05) is 14.1 Å². The van der Waals surface area contributed by atoms with E-state index in [4.69, 9.17) is 25.3 Å². The van der Waals surface area contributed by atoms with Crippen molar-refractivity contribution in [2.24, 2.45) is 20.3 Å². The smallest absolute Gasteiger partial charge is 0.741 e. The molecule has 24 heavy (non-hydrogen) atoms. The molecule has 1 aliphatic carbocycles. The molecule has 1 radical (unpaired) electrons. The Labute approximate surface area is 166 Å². The summed E-state index contributed by atoms with van der Waals surface area (Å²) in [4.78, 5) is 3.83. The first-order valence-corrected chi connectivity index (χ1v) is 8.22. The van der Waals surface area contributed by atoms with Gasteiger partial charge < -0.3 is 30.6 Å². The Morgan fingerprint density at radius 2 is 1.79 bits per heavy atom. The molecule has 0 heterocycles. The van der Waals surface area contributed by atoms with Gasteiger partial charge in [-0.1, -0.05) is 32.1 Å². The molecule has 6 nitrogen and oxygen atoms in total. The van der Waals surface area contributed by atoms with Crippen LogP contribution in [-0.2, 0) is 42.3 Å². The minimum absolute atomic E-state index is 0. The Hall–Kier alpha value is -1.28. The third kappa shape index (κ3) is 9.77. The number of amidine groups is 2. The van der Waals surface area contributed by atoms with Crippen LogP contribution in [0.5, 0.6) is 0 Å². The summed E-state index contributed by atoms with van der Waals surface area (Å²) in [5.74, 6) is 0. The van der Waals surface area contributed by atoms with Gasteiger partial charge in [-0.15, -0.1) is 0 Å². The normalized spacial score (nSPS) is 15.6. The van der Waals surface area contributed by atoms with E-state index in [-0.39, 0.29) is 17.1 Å². The van der Waals surface area contributed by atoms with E-state index in [1.807, 2.05) is 26.8 Å². The SMILES string of the molecule is CC.CN=C([S-])N/N=C(C1=CCCC=C1)/C(C)=N/N=C(\[S-])NC.[Cu+2]. The number of allylic oxidation sites excluding steroid dienone is 4. The molecule has 0 amide bonds. The molecule has 0 aromatic carbocycles. The van der Waals surface area contributed by atoms with Crippen LogP contribution in [0.25, 0.3) is 0 Å². The molecule has 9 heteroatoms. The maximum absolute atomic E-state index is 4.97. The van der Waals surface area contributed by atoms with Crippen molar-refractivity contribution in [2.75, 3.05) is 14.1 Å². The van der Waals surface area contributed by atoms with Crippen LogP contribution >= 0.6 is 0 Å². The molecule has 0 aromatic heterocycles. The molecule has 0 aliphatic heterocycles. The summed E-state index contributed by atoms with van der Waals surface area (Å²) in [5.41, 5.74) is 4.99. The number of hydrogen-bond donors (Lipinski definition) is 2. The van der Waals surface area contributed by atoms with Crippen molar-refractivity contribution in [3.05, 3.63) is 23.8 Å². The van der Waals surface area contributed by atoms with Crippen LogP contribution in [0.2, 0.25) is 0 Å². The fourth-order valence-corrected chi connectivity index (χ4v) is 1.60.